The van der Waals surface area contributed by atoms with Gasteiger partial charge in [-0.15, -0.1) is 0 Å². The Morgan fingerprint density at radius 1 is 0.323 bits per heavy atom. The number of carbonyl (C=O) groups is 1. The number of aliphatic hydroxyl groups is 1. The van der Waals surface area contributed by atoms with Gasteiger partial charge in [0, 0.05) is 6.42 Å². The lowest BCUT2D eigenvalue weighted by molar-refractivity contribution is -0.145. The van der Waals surface area contributed by atoms with Crippen molar-refractivity contribution in [1.82, 2.24) is 0 Å². The molecule has 0 unspecified atom stereocenters. The Balaban J connectivity index is 3.14. The van der Waals surface area contributed by atoms with Crippen LogP contribution in [0.5, 0.6) is 0 Å². The quantitative estimate of drug-likeness (QED) is 0.0444. The van der Waals surface area contributed by atoms with Crippen molar-refractivity contribution in [2.75, 3.05) is 185 Å². The number of hydrogen-bond acceptors (Lipinski definition) is 16. The van der Waals surface area contributed by atoms with Crippen LogP contribution in [0.4, 0.5) is 0 Å². The number of esters is 1. The molecule has 0 atom stereocenters. The predicted octanol–water partition coefficient (Wildman–Crippen LogP) is 5.78. The molecule has 0 aliphatic heterocycles. The third kappa shape index (κ3) is 56.7. The van der Waals surface area contributed by atoms with Crippen LogP contribution in [-0.4, -0.2) is 196 Å². The lowest BCUT2D eigenvalue weighted by Crippen LogP contribution is -2.16. The van der Waals surface area contributed by atoms with E-state index in [0.29, 0.717) is 178 Å². The van der Waals surface area contributed by atoms with Gasteiger partial charge in [-0.3, -0.25) is 4.79 Å². The standard InChI is InChI=1S/C46H90O16/c1-2-3-4-5-6-7-8-9-10-11-12-13-14-15-16-17-46(48)62-45-44-61-43-42-60-41-40-59-39-38-58-37-36-57-35-34-56-33-32-55-31-30-54-29-28-53-27-26-52-25-24-51-23-22-50-21-20-49-19-18-47/h9-10,47H,2-8,11-45H2,1H3/b10-9-. The lowest BCUT2D eigenvalue weighted by atomic mass is 10.1. The summed E-state index contributed by atoms with van der Waals surface area (Å²) in [5, 5.41) is 8.60. The summed E-state index contributed by atoms with van der Waals surface area (Å²) in [6.45, 7) is 15.0. The van der Waals surface area contributed by atoms with Crippen molar-refractivity contribution < 1.29 is 76.2 Å². The van der Waals surface area contributed by atoms with Gasteiger partial charge in [-0.2, -0.15) is 0 Å². The Morgan fingerprint density at radius 3 is 0.855 bits per heavy atom. The molecule has 16 heteroatoms. The molecule has 0 saturated carbocycles. The van der Waals surface area contributed by atoms with Gasteiger partial charge >= 0.3 is 5.97 Å². The van der Waals surface area contributed by atoms with Crippen molar-refractivity contribution in [2.24, 2.45) is 0 Å². The van der Waals surface area contributed by atoms with Gasteiger partial charge in [0.15, 0.2) is 0 Å². The molecule has 0 heterocycles. The molecule has 62 heavy (non-hydrogen) atoms. The summed E-state index contributed by atoms with van der Waals surface area (Å²) in [6.07, 6.45) is 21.3. The highest BCUT2D eigenvalue weighted by molar-refractivity contribution is 5.69. The maximum Gasteiger partial charge on any atom is 0.305 e. The summed E-state index contributed by atoms with van der Waals surface area (Å²) in [6, 6.07) is 0. The summed E-state index contributed by atoms with van der Waals surface area (Å²) in [5.41, 5.74) is 0. The van der Waals surface area contributed by atoms with Crippen LogP contribution in [0.25, 0.3) is 0 Å². The van der Waals surface area contributed by atoms with Gasteiger partial charge in [0.05, 0.1) is 178 Å². The number of allylic oxidation sites excluding steroid dienone is 2. The summed E-state index contributed by atoms with van der Waals surface area (Å²) in [7, 11) is 0. The van der Waals surface area contributed by atoms with Crippen LogP contribution >= 0.6 is 0 Å². The topological polar surface area (TPSA) is 167 Å². The molecule has 0 aliphatic rings. The molecule has 0 rings (SSSR count). The minimum atomic E-state index is -0.145. The van der Waals surface area contributed by atoms with Crippen LogP contribution in [-0.2, 0) is 71.1 Å². The number of ether oxygens (including phenoxy) is 14. The zero-order valence-electron chi connectivity index (χ0n) is 38.9. The van der Waals surface area contributed by atoms with E-state index < -0.39 is 0 Å². The second-order valence-corrected chi connectivity index (χ2v) is 14.2. The number of aliphatic hydroxyl groups excluding tert-OH is 1. The van der Waals surface area contributed by atoms with Crippen molar-refractivity contribution in [2.45, 2.75) is 96.8 Å². The number of hydrogen-bond donors (Lipinski definition) is 1. The average Bonchev–Trinajstić information content (AvgIpc) is 3.28. The second-order valence-electron chi connectivity index (χ2n) is 14.2. The minimum Gasteiger partial charge on any atom is -0.463 e. The molecule has 0 radical (unpaired) electrons. The monoisotopic (exact) mass is 899 g/mol. The van der Waals surface area contributed by atoms with Crippen LogP contribution in [0.15, 0.2) is 12.2 Å². The highest BCUT2D eigenvalue weighted by atomic mass is 16.6. The maximum atomic E-state index is 11.9. The first-order chi connectivity index (χ1) is 30.8. The first-order valence-corrected chi connectivity index (χ1v) is 23.7. The first-order valence-electron chi connectivity index (χ1n) is 23.7. The minimum absolute atomic E-state index is 0.0213. The Labute approximate surface area is 375 Å². The van der Waals surface area contributed by atoms with Crippen molar-refractivity contribution in [1.29, 1.82) is 0 Å². The predicted molar refractivity (Wildman–Crippen MR) is 238 cm³/mol. The van der Waals surface area contributed by atoms with Gasteiger partial charge in [-0.25, -0.2) is 0 Å². The van der Waals surface area contributed by atoms with E-state index in [1.807, 2.05) is 0 Å². The fourth-order valence-electron chi connectivity index (χ4n) is 5.43. The number of rotatable bonds is 56. The molecule has 0 fully saturated rings. The molecule has 0 aliphatic carbocycles. The molecule has 0 amide bonds. The summed E-state index contributed by atoms with van der Waals surface area (Å²) in [4.78, 5) is 11.9. The average molecular weight is 899 g/mol. The third-order valence-electron chi connectivity index (χ3n) is 8.83. The Bertz CT molecular complexity index is 856. The van der Waals surface area contributed by atoms with Crippen LogP contribution < -0.4 is 0 Å². The molecule has 0 aromatic rings. The first kappa shape index (κ1) is 60.6. The fraction of sp³-hybridized carbons (Fsp3) is 0.935. The molecular weight excluding hydrogens is 808 g/mol. The number of unbranched alkanes of at least 4 members (excludes halogenated alkanes) is 11. The van der Waals surface area contributed by atoms with E-state index in [9.17, 15) is 4.79 Å². The van der Waals surface area contributed by atoms with Gasteiger partial charge in [0.2, 0.25) is 0 Å². The van der Waals surface area contributed by atoms with E-state index in [0.717, 1.165) is 12.8 Å². The molecule has 16 nitrogen and oxygen atoms in total. The number of carbonyl (C=O) groups excluding carboxylic acids is 1. The second kappa shape index (κ2) is 57.7. The van der Waals surface area contributed by atoms with E-state index >= 15 is 0 Å². The SMILES string of the molecule is CCCCCCCC/C=C\CCCCCCCC(=O)OCCOCCOCCOCCOCCOCCOCCOCCOCCOCCOCCOCCOCCOCCO. The highest BCUT2D eigenvalue weighted by Crippen LogP contribution is 2.10. The molecule has 0 aromatic heterocycles. The van der Waals surface area contributed by atoms with Crippen molar-refractivity contribution >= 4 is 5.97 Å². The third-order valence-corrected chi connectivity index (χ3v) is 8.83. The molecule has 370 valence electrons. The summed E-state index contributed by atoms with van der Waals surface area (Å²) >= 11 is 0. The lowest BCUT2D eigenvalue weighted by Gasteiger charge is -2.09. The van der Waals surface area contributed by atoms with E-state index in [-0.39, 0.29) is 19.2 Å². The van der Waals surface area contributed by atoms with Crippen LogP contribution in [0.2, 0.25) is 0 Å². The molecule has 1 N–H and O–H groups in total. The molecular formula is C46H90O16. The van der Waals surface area contributed by atoms with Crippen molar-refractivity contribution in [3.63, 3.8) is 0 Å². The normalized spacial score (nSPS) is 11.7. The van der Waals surface area contributed by atoms with Gasteiger partial charge in [0.1, 0.15) is 6.61 Å². The van der Waals surface area contributed by atoms with Crippen molar-refractivity contribution in [3.8, 4) is 0 Å². The van der Waals surface area contributed by atoms with Crippen LogP contribution in [0, 0.1) is 0 Å². The zero-order valence-corrected chi connectivity index (χ0v) is 38.9. The van der Waals surface area contributed by atoms with Gasteiger partial charge in [0.25, 0.3) is 0 Å². The van der Waals surface area contributed by atoms with Gasteiger partial charge in [-0.1, -0.05) is 70.4 Å². The van der Waals surface area contributed by atoms with E-state index in [1.54, 1.807) is 0 Å². The fourth-order valence-corrected chi connectivity index (χ4v) is 5.43. The Kier molecular flexibility index (Phi) is 56.4. The summed E-state index contributed by atoms with van der Waals surface area (Å²) in [5.74, 6) is -0.145. The van der Waals surface area contributed by atoms with E-state index in [1.165, 1.54) is 70.6 Å². The Morgan fingerprint density at radius 2 is 0.565 bits per heavy atom. The molecule has 0 spiro atoms. The maximum absolute atomic E-state index is 11.9. The molecule has 0 bridgehead atoms. The zero-order chi connectivity index (χ0) is 44.6. The molecule has 0 aromatic carbocycles. The van der Waals surface area contributed by atoms with Crippen LogP contribution in [0.3, 0.4) is 0 Å². The van der Waals surface area contributed by atoms with E-state index in [2.05, 4.69) is 19.1 Å². The van der Waals surface area contributed by atoms with E-state index in [4.69, 9.17) is 71.4 Å². The highest BCUT2D eigenvalue weighted by Gasteiger charge is 2.03. The smallest absolute Gasteiger partial charge is 0.305 e. The van der Waals surface area contributed by atoms with Crippen LogP contribution in [0.1, 0.15) is 96.8 Å². The Hall–Kier alpha value is -1.35. The summed E-state index contributed by atoms with van der Waals surface area (Å²) < 4.78 is 76.0. The van der Waals surface area contributed by atoms with Gasteiger partial charge < -0.3 is 71.4 Å². The van der Waals surface area contributed by atoms with Crippen molar-refractivity contribution in [3.05, 3.63) is 12.2 Å². The molecule has 0 saturated heterocycles. The van der Waals surface area contributed by atoms with Gasteiger partial charge in [-0.05, 0) is 32.1 Å². The largest absolute Gasteiger partial charge is 0.463 e.